The Balaban J connectivity index is 2.66. The molecule has 1 fully saturated rings. The number of hydrogen-bond donors (Lipinski definition) is 0. The van der Waals surface area contributed by atoms with Crippen molar-refractivity contribution in [2.24, 2.45) is 10.8 Å². The van der Waals surface area contributed by atoms with Crippen molar-refractivity contribution in [2.45, 2.75) is 5.92 Å². The maximum atomic E-state index is 9.19. The lowest BCUT2D eigenvalue weighted by molar-refractivity contribution is 0.727. The Hall–Kier alpha value is -2.24. The monoisotopic (exact) mass is 286 g/mol. The van der Waals surface area contributed by atoms with Gasteiger partial charge in [0.2, 0.25) is 0 Å². The van der Waals surface area contributed by atoms with Gasteiger partial charge in [-0.25, -0.2) is 0 Å². The van der Waals surface area contributed by atoms with Crippen molar-refractivity contribution in [3.63, 3.8) is 0 Å². The summed E-state index contributed by atoms with van der Waals surface area (Å²) >= 11 is 11.8. The highest BCUT2D eigenvalue weighted by Gasteiger charge is 2.82. The lowest BCUT2D eigenvalue weighted by atomic mass is 9.98. The van der Waals surface area contributed by atoms with Crippen molar-refractivity contribution in [3.8, 4) is 24.3 Å². The number of hydrogen-bond acceptors (Lipinski definition) is 4. The van der Waals surface area contributed by atoms with Gasteiger partial charge in [0.1, 0.15) is 0 Å². The molecule has 0 heterocycles. The van der Waals surface area contributed by atoms with Crippen LogP contribution in [0.15, 0.2) is 18.2 Å². The maximum absolute atomic E-state index is 9.19. The number of rotatable bonds is 1. The first-order chi connectivity index (χ1) is 9.02. The molecule has 0 radical (unpaired) electrons. The highest BCUT2D eigenvalue weighted by Crippen LogP contribution is 2.74. The molecule has 6 heteroatoms. The summed E-state index contributed by atoms with van der Waals surface area (Å²) in [6, 6.07) is 11.7. The van der Waals surface area contributed by atoms with Gasteiger partial charge in [0.25, 0.3) is 0 Å². The molecule has 2 rings (SSSR count). The van der Waals surface area contributed by atoms with Crippen LogP contribution in [0.25, 0.3) is 0 Å². The van der Waals surface area contributed by atoms with Gasteiger partial charge in [0.15, 0.2) is 10.8 Å². The first-order valence-electron chi connectivity index (χ1n) is 5.13. The summed E-state index contributed by atoms with van der Waals surface area (Å²) in [5, 5.41) is 37.4. The Labute approximate surface area is 119 Å². The zero-order valence-corrected chi connectivity index (χ0v) is 10.9. The minimum atomic E-state index is -1.69. The van der Waals surface area contributed by atoms with Gasteiger partial charge in [0.05, 0.1) is 30.2 Å². The molecule has 0 N–H and O–H groups in total. The van der Waals surface area contributed by atoms with Gasteiger partial charge in [-0.15, -0.1) is 0 Å². The Kier molecular flexibility index (Phi) is 2.88. The van der Waals surface area contributed by atoms with Crippen LogP contribution in [0.3, 0.4) is 0 Å². The topological polar surface area (TPSA) is 95.2 Å². The van der Waals surface area contributed by atoms with Gasteiger partial charge in [-0.05, 0) is 17.7 Å². The van der Waals surface area contributed by atoms with Gasteiger partial charge in [-0.1, -0.05) is 29.3 Å². The number of nitrogens with zero attached hydrogens (tertiary/aromatic N) is 4. The first-order valence-corrected chi connectivity index (χ1v) is 5.88. The van der Waals surface area contributed by atoms with E-state index in [9.17, 15) is 21.0 Å². The summed E-state index contributed by atoms with van der Waals surface area (Å²) in [6.07, 6.45) is 0. The van der Waals surface area contributed by atoms with E-state index in [0.717, 1.165) is 0 Å². The number of benzene rings is 1. The Morgan fingerprint density at radius 3 is 1.74 bits per heavy atom. The summed E-state index contributed by atoms with van der Waals surface area (Å²) in [7, 11) is 0. The fraction of sp³-hybridized carbons (Fsp3) is 0.231. The second-order valence-electron chi connectivity index (χ2n) is 4.16. The highest BCUT2D eigenvalue weighted by molar-refractivity contribution is 6.35. The lowest BCUT2D eigenvalue weighted by Crippen LogP contribution is -2.05. The third-order valence-electron chi connectivity index (χ3n) is 3.38. The minimum Gasteiger partial charge on any atom is -0.196 e. The van der Waals surface area contributed by atoms with Gasteiger partial charge < -0.3 is 0 Å². The maximum Gasteiger partial charge on any atom is 0.185 e. The average molecular weight is 287 g/mol. The van der Waals surface area contributed by atoms with Crippen molar-refractivity contribution in [1.29, 1.82) is 21.0 Å². The van der Waals surface area contributed by atoms with E-state index in [0.29, 0.717) is 10.6 Å². The lowest BCUT2D eigenvalue weighted by Gasteiger charge is -2.03. The molecule has 1 aromatic carbocycles. The molecule has 0 aliphatic heterocycles. The molecule has 1 aliphatic carbocycles. The molecule has 0 spiro atoms. The van der Waals surface area contributed by atoms with Crippen molar-refractivity contribution < 1.29 is 0 Å². The van der Waals surface area contributed by atoms with E-state index < -0.39 is 16.7 Å². The molecule has 4 nitrogen and oxygen atoms in total. The normalized spacial score (nSPS) is 18.4. The van der Waals surface area contributed by atoms with Gasteiger partial charge in [-0.2, -0.15) is 21.0 Å². The van der Waals surface area contributed by atoms with Crippen molar-refractivity contribution in [1.82, 2.24) is 0 Å². The van der Waals surface area contributed by atoms with Crippen LogP contribution in [0.2, 0.25) is 10.0 Å². The molecule has 0 amide bonds. The molecule has 0 aromatic heterocycles. The zero-order chi connectivity index (χ0) is 14.3. The summed E-state index contributed by atoms with van der Waals surface area (Å²) in [5.74, 6) is -0.852. The van der Waals surface area contributed by atoms with Crippen LogP contribution in [-0.2, 0) is 0 Å². The van der Waals surface area contributed by atoms with E-state index >= 15 is 0 Å². The Bertz CT molecular complexity index is 661. The van der Waals surface area contributed by atoms with E-state index in [1.165, 1.54) is 12.1 Å². The Morgan fingerprint density at radius 2 is 1.37 bits per heavy atom. The molecule has 0 saturated heterocycles. The smallest absolute Gasteiger partial charge is 0.185 e. The molecule has 0 bridgehead atoms. The largest absolute Gasteiger partial charge is 0.196 e. The molecule has 1 aromatic rings. The van der Waals surface area contributed by atoms with E-state index in [1.54, 1.807) is 30.3 Å². The van der Waals surface area contributed by atoms with Crippen LogP contribution in [0.1, 0.15) is 11.5 Å². The van der Waals surface area contributed by atoms with Gasteiger partial charge >= 0.3 is 0 Å². The van der Waals surface area contributed by atoms with Crippen LogP contribution in [0, 0.1) is 56.2 Å². The van der Waals surface area contributed by atoms with E-state index in [-0.39, 0.29) is 5.02 Å². The fourth-order valence-corrected chi connectivity index (χ4v) is 2.86. The molecule has 90 valence electrons. The van der Waals surface area contributed by atoms with E-state index in [4.69, 9.17) is 23.2 Å². The minimum absolute atomic E-state index is 0.236. The zero-order valence-electron chi connectivity index (χ0n) is 9.35. The fourth-order valence-electron chi connectivity index (χ4n) is 2.34. The highest BCUT2D eigenvalue weighted by atomic mass is 35.5. The van der Waals surface area contributed by atoms with Crippen LogP contribution >= 0.6 is 23.2 Å². The molecule has 19 heavy (non-hydrogen) atoms. The summed E-state index contributed by atoms with van der Waals surface area (Å²) < 4.78 is 0. The van der Waals surface area contributed by atoms with Crippen molar-refractivity contribution in [2.75, 3.05) is 0 Å². The van der Waals surface area contributed by atoms with Crippen LogP contribution in [0.5, 0.6) is 0 Å². The number of nitriles is 4. The second-order valence-corrected chi connectivity index (χ2v) is 5.01. The van der Waals surface area contributed by atoms with Gasteiger partial charge in [0, 0.05) is 10.0 Å². The third kappa shape index (κ3) is 1.43. The Morgan fingerprint density at radius 1 is 0.895 bits per heavy atom. The standard InChI is InChI=1S/C13H4Cl2N4/c14-8-1-2-9(10(15)3-8)11-12(4-16,5-17)13(11,6-18)7-19/h1-3,11H. The summed E-state index contributed by atoms with van der Waals surface area (Å²) in [6.45, 7) is 0. The number of halogens is 2. The molecule has 1 aliphatic rings. The van der Waals surface area contributed by atoms with Crippen LogP contribution < -0.4 is 0 Å². The molecule has 0 unspecified atom stereocenters. The SMILES string of the molecule is N#CC1(C#N)C(c2ccc(Cl)cc2Cl)C1(C#N)C#N. The third-order valence-corrected chi connectivity index (χ3v) is 3.95. The van der Waals surface area contributed by atoms with Crippen molar-refractivity contribution in [3.05, 3.63) is 33.8 Å². The predicted molar refractivity (Wildman–Crippen MR) is 66.5 cm³/mol. The van der Waals surface area contributed by atoms with Crippen molar-refractivity contribution >= 4 is 23.2 Å². The first kappa shape index (κ1) is 13.2. The molecule has 1 saturated carbocycles. The van der Waals surface area contributed by atoms with Gasteiger partial charge in [-0.3, -0.25) is 0 Å². The predicted octanol–water partition coefficient (Wildman–Crippen LogP) is 3.16. The molecular weight excluding hydrogens is 283 g/mol. The average Bonchev–Trinajstić information content (AvgIpc) is 3.01. The quantitative estimate of drug-likeness (QED) is 0.792. The molecule has 0 atom stereocenters. The van der Waals surface area contributed by atoms with Crippen LogP contribution in [-0.4, -0.2) is 0 Å². The molecular formula is C13H4Cl2N4. The van der Waals surface area contributed by atoms with E-state index in [2.05, 4.69) is 0 Å². The van der Waals surface area contributed by atoms with Crippen LogP contribution in [0.4, 0.5) is 0 Å². The summed E-state index contributed by atoms with van der Waals surface area (Å²) in [5.41, 5.74) is -2.96. The van der Waals surface area contributed by atoms with E-state index in [1.807, 2.05) is 0 Å². The summed E-state index contributed by atoms with van der Waals surface area (Å²) in [4.78, 5) is 0. The second kappa shape index (κ2) is 4.15.